The highest BCUT2D eigenvalue weighted by Crippen LogP contribution is 2.59. The van der Waals surface area contributed by atoms with E-state index in [0.717, 1.165) is 0 Å². The van der Waals surface area contributed by atoms with Crippen molar-refractivity contribution in [1.82, 2.24) is 0 Å². The smallest absolute Gasteiger partial charge is 0.320 e. The monoisotopic (exact) mass is 431 g/mol. The number of hydrogen-bond donors (Lipinski definition) is 1. The number of carbonyl (C=O) groups is 2. The molecule has 158 valence electrons. The third kappa shape index (κ3) is 3.38. The molecule has 3 rings (SSSR count). The molecule has 0 heterocycles. The fourth-order valence-corrected chi connectivity index (χ4v) is 4.69. The fourth-order valence-electron chi connectivity index (χ4n) is 4.56. The lowest BCUT2D eigenvalue weighted by Gasteiger charge is -2.30. The molecule has 1 aliphatic carbocycles. The Morgan fingerprint density at radius 3 is 2.30 bits per heavy atom. The molecule has 0 radical (unpaired) electrons. The first kappa shape index (κ1) is 21.9. The zero-order chi connectivity index (χ0) is 22.1. The summed E-state index contributed by atoms with van der Waals surface area (Å²) in [6, 6.07) is 12.6. The number of rotatable bonds is 6. The van der Waals surface area contributed by atoms with Crippen LogP contribution in [0.4, 0.5) is 0 Å². The van der Waals surface area contributed by atoms with E-state index >= 15 is 0 Å². The summed E-state index contributed by atoms with van der Waals surface area (Å²) in [7, 11) is 0. The van der Waals surface area contributed by atoms with Gasteiger partial charge < -0.3 is 9.84 Å². The molecule has 0 saturated heterocycles. The largest absolute Gasteiger partial charge is 0.465 e. The molecule has 8 heteroatoms. The Kier molecular flexibility index (Phi) is 5.97. The predicted octanol–water partition coefficient (Wildman–Crippen LogP) is 3.50. The number of Topliss-reactive ketones (excluding diaryl/α,β-unsaturated/α-hetero) is 1. The summed E-state index contributed by atoms with van der Waals surface area (Å²) in [6.45, 7) is 2.79. The minimum atomic E-state index is -2.06. The van der Waals surface area contributed by atoms with E-state index in [1.54, 1.807) is 37.3 Å². The normalized spacial score (nSPS) is 28.1. The van der Waals surface area contributed by atoms with E-state index < -0.39 is 46.1 Å². The second-order valence-corrected chi connectivity index (χ2v) is 7.91. The van der Waals surface area contributed by atoms with Crippen molar-refractivity contribution in [2.75, 3.05) is 6.61 Å². The van der Waals surface area contributed by atoms with Crippen LogP contribution in [0.3, 0.4) is 0 Å². The molecule has 4 atom stereocenters. The molecule has 2 aromatic carbocycles. The van der Waals surface area contributed by atoms with Crippen LogP contribution in [-0.2, 0) is 19.9 Å². The van der Waals surface area contributed by atoms with Crippen LogP contribution in [0.2, 0.25) is 5.02 Å². The molecule has 0 aromatic heterocycles. The molecule has 0 bridgehead atoms. The summed E-state index contributed by atoms with van der Waals surface area (Å²) in [5.74, 6) is -2.72. The van der Waals surface area contributed by atoms with Gasteiger partial charge in [0.05, 0.1) is 12.5 Å². The lowest BCUT2D eigenvalue weighted by atomic mass is 9.70. The van der Waals surface area contributed by atoms with Gasteiger partial charge in [0.15, 0.2) is 5.60 Å². The Morgan fingerprint density at radius 1 is 1.20 bits per heavy atom. The van der Waals surface area contributed by atoms with Crippen LogP contribution in [-0.4, -0.2) is 34.4 Å². The van der Waals surface area contributed by atoms with Gasteiger partial charge in [-0.2, -0.15) is 0 Å². The standard InChI is InChI=1S/C22H22ClNO6/c1-3-30-20(26)21(14(2)25)13-22(27,16-7-5-4-6-8-16)19(24(28)29)18(21)15-9-11-17(23)12-10-15/h4-12,18-19,27H,3,13H2,1-2H3/t18-,19-,21-,22-/m0/s1. The topological polar surface area (TPSA) is 107 Å². The van der Waals surface area contributed by atoms with Gasteiger partial charge >= 0.3 is 5.97 Å². The van der Waals surface area contributed by atoms with Crippen LogP contribution >= 0.6 is 11.6 Å². The van der Waals surface area contributed by atoms with Crippen LogP contribution in [0.15, 0.2) is 54.6 Å². The van der Waals surface area contributed by atoms with Crippen molar-refractivity contribution < 1.29 is 24.4 Å². The third-order valence-corrected chi connectivity index (χ3v) is 6.13. The van der Waals surface area contributed by atoms with E-state index in [9.17, 15) is 24.8 Å². The lowest BCUT2D eigenvalue weighted by Crippen LogP contribution is -2.45. The van der Waals surface area contributed by atoms with Crippen molar-refractivity contribution in [3.8, 4) is 0 Å². The quantitative estimate of drug-likeness (QED) is 0.324. The fraction of sp³-hybridized carbons (Fsp3) is 0.364. The van der Waals surface area contributed by atoms with Gasteiger partial charge in [0, 0.05) is 16.4 Å². The first-order valence-corrected chi connectivity index (χ1v) is 9.91. The van der Waals surface area contributed by atoms with Crippen molar-refractivity contribution in [2.24, 2.45) is 5.41 Å². The molecule has 2 aromatic rings. The highest BCUT2D eigenvalue weighted by molar-refractivity contribution is 6.30. The molecule has 1 N–H and O–H groups in total. The Balaban J connectivity index is 2.33. The van der Waals surface area contributed by atoms with Gasteiger partial charge in [-0.15, -0.1) is 0 Å². The number of halogens is 1. The number of ketones is 1. The number of nitro groups is 1. The second kappa shape index (κ2) is 8.16. The van der Waals surface area contributed by atoms with Crippen LogP contribution in [0.1, 0.15) is 37.3 Å². The molecule has 1 aliphatic rings. The number of aliphatic hydroxyl groups is 1. The second-order valence-electron chi connectivity index (χ2n) is 7.47. The van der Waals surface area contributed by atoms with Gasteiger partial charge in [-0.3, -0.25) is 19.7 Å². The van der Waals surface area contributed by atoms with Crippen LogP contribution in [0, 0.1) is 15.5 Å². The maximum Gasteiger partial charge on any atom is 0.320 e. The number of ether oxygens (including phenoxy) is 1. The Hall–Kier alpha value is -2.77. The first-order valence-electron chi connectivity index (χ1n) is 9.53. The molecule has 0 spiro atoms. The molecule has 0 amide bonds. The molecule has 1 saturated carbocycles. The minimum absolute atomic E-state index is 0.00586. The summed E-state index contributed by atoms with van der Waals surface area (Å²) < 4.78 is 5.20. The summed E-state index contributed by atoms with van der Waals surface area (Å²) in [6.07, 6.45) is -0.461. The van der Waals surface area contributed by atoms with Gasteiger partial charge in [0.2, 0.25) is 0 Å². The molecule has 0 aliphatic heterocycles. The van der Waals surface area contributed by atoms with Crippen LogP contribution in [0.5, 0.6) is 0 Å². The molecule has 7 nitrogen and oxygen atoms in total. The SMILES string of the molecule is CCOC(=O)[C@]1(C(C)=O)C[C@](O)(c2ccccc2)[C@@H]([N+](=O)[O-])[C@@H]1c1ccc(Cl)cc1. The van der Waals surface area contributed by atoms with Gasteiger partial charge in [0.25, 0.3) is 6.04 Å². The molecule has 0 unspecified atom stereocenters. The van der Waals surface area contributed by atoms with Gasteiger partial charge in [0.1, 0.15) is 11.2 Å². The molecular formula is C22H22ClNO6. The highest BCUT2D eigenvalue weighted by Gasteiger charge is 2.73. The number of benzene rings is 2. The lowest BCUT2D eigenvalue weighted by molar-refractivity contribution is -0.547. The summed E-state index contributed by atoms with van der Waals surface area (Å²) in [4.78, 5) is 37.8. The third-order valence-electron chi connectivity index (χ3n) is 5.88. The minimum Gasteiger partial charge on any atom is -0.465 e. The zero-order valence-electron chi connectivity index (χ0n) is 16.6. The van der Waals surface area contributed by atoms with Crippen molar-refractivity contribution in [3.63, 3.8) is 0 Å². The van der Waals surface area contributed by atoms with Gasteiger partial charge in [-0.05, 0) is 37.1 Å². The summed E-state index contributed by atoms with van der Waals surface area (Å²) in [5.41, 5.74) is -3.37. The first-order chi connectivity index (χ1) is 14.2. The maximum atomic E-state index is 13.1. The summed E-state index contributed by atoms with van der Waals surface area (Å²) in [5, 5.41) is 24.3. The van der Waals surface area contributed by atoms with E-state index in [-0.39, 0.29) is 12.2 Å². The van der Waals surface area contributed by atoms with E-state index in [4.69, 9.17) is 16.3 Å². The van der Waals surface area contributed by atoms with Crippen LogP contribution in [0.25, 0.3) is 0 Å². The number of hydrogen-bond acceptors (Lipinski definition) is 6. The van der Waals surface area contributed by atoms with Crippen molar-refractivity contribution in [3.05, 3.63) is 80.9 Å². The predicted molar refractivity (Wildman–Crippen MR) is 110 cm³/mol. The van der Waals surface area contributed by atoms with E-state index in [2.05, 4.69) is 0 Å². The zero-order valence-corrected chi connectivity index (χ0v) is 17.3. The van der Waals surface area contributed by atoms with Crippen LogP contribution < -0.4 is 0 Å². The van der Waals surface area contributed by atoms with Gasteiger partial charge in [-0.1, -0.05) is 54.1 Å². The Bertz CT molecular complexity index is 963. The average molecular weight is 432 g/mol. The number of carbonyl (C=O) groups excluding carboxylic acids is 2. The van der Waals surface area contributed by atoms with E-state index in [1.165, 1.54) is 31.2 Å². The van der Waals surface area contributed by atoms with Crippen molar-refractivity contribution in [1.29, 1.82) is 0 Å². The van der Waals surface area contributed by atoms with Crippen molar-refractivity contribution >= 4 is 23.4 Å². The highest BCUT2D eigenvalue weighted by atomic mass is 35.5. The van der Waals surface area contributed by atoms with E-state index in [0.29, 0.717) is 10.6 Å². The number of nitrogens with zero attached hydrogens (tertiary/aromatic N) is 1. The maximum absolute atomic E-state index is 13.1. The molecule has 30 heavy (non-hydrogen) atoms. The van der Waals surface area contributed by atoms with Crippen molar-refractivity contribution in [2.45, 2.75) is 37.8 Å². The molecular weight excluding hydrogens is 410 g/mol. The summed E-state index contributed by atoms with van der Waals surface area (Å²) >= 11 is 5.97. The Labute approximate surface area is 178 Å². The Morgan fingerprint density at radius 2 is 1.80 bits per heavy atom. The van der Waals surface area contributed by atoms with E-state index in [1.807, 2.05) is 0 Å². The average Bonchev–Trinajstić information content (AvgIpc) is 3.01. The van der Waals surface area contributed by atoms with Gasteiger partial charge in [-0.25, -0.2) is 0 Å². The molecule has 1 fully saturated rings. The number of esters is 1.